The third-order valence-electron chi connectivity index (χ3n) is 4.38. The number of carbonyl (C=O) groups excluding carboxylic acids is 2. The van der Waals surface area contributed by atoms with Crippen LogP contribution in [0.3, 0.4) is 0 Å². The van der Waals surface area contributed by atoms with Gasteiger partial charge in [-0.1, -0.05) is 42.5 Å². The van der Waals surface area contributed by atoms with Crippen molar-refractivity contribution in [2.24, 2.45) is 5.73 Å². The number of hydrogen-bond donors (Lipinski definition) is 3. The Morgan fingerprint density at radius 1 is 1.07 bits per heavy atom. The summed E-state index contributed by atoms with van der Waals surface area (Å²) in [7, 11) is 0. The molecule has 0 aliphatic carbocycles. The highest BCUT2D eigenvalue weighted by Gasteiger charge is 2.38. The van der Waals surface area contributed by atoms with E-state index in [9.17, 15) is 27.9 Å². The Morgan fingerprint density at radius 2 is 1.68 bits per heavy atom. The van der Waals surface area contributed by atoms with Gasteiger partial charge in [-0.05, 0) is 36.6 Å². The van der Waals surface area contributed by atoms with Gasteiger partial charge in [0.2, 0.25) is 11.8 Å². The second-order valence-corrected chi connectivity index (χ2v) is 6.66. The minimum absolute atomic E-state index is 0.0966. The van der Waals surface area contributed by atoms with Crippen LogP contribution in [-0.4, -0.2) is 23.0 Å². The lowest BCUT2D eigenvalue weighted by Crippen LogP contribution is -2.53. The summed E-state index contributed by atoms with van der Waals surface area (Å²) < 4.78 is 38.9. The fourth-order valence-electron chi connectivity index (χ4n) is 2.78. The number of primary amides is 1. The molecule has 0 bridgehead atoms. The number of nitrogens with one attached hydrogen (secondary N) is 1. The predicted octanol–water partition coefficient (Wildman–Crippen LogP) is 2.52. The Hall–Kier alpha value is -2.87. The first-order valence-electron chi connectivity index (χ1n) is 8.53. The third kappa shape index (κ3) is 5.32. The molecular formula is C20H21F3N2O3. The van der Waals surface area contributed by atoms with Gasteiger partial charge in [-0.15, -0.1) is 0 Å². The van der Waals surface area contributed by atoms with Crippen LogP contribution >= 0.6 is 0 Å². The van der Waals surface area contributed by atoms with Crippen molar-refractivity contribution in [3.63, 3.8) is 0 Å². The van der Waals surface area contributed by atoms with Gasteiger partial charge in [0.25, 0.3) is 0 Å². The number of amides is 2. The average molecular weight is 394 g/mol. The average Bonchev–Trinajstić information content (AvgIpc) is 2.61. The van der Waals surface area contributed by atoms with E-state index in [1.165, 1.54) is 13.0 Å². The van der Waals surface area contributed by atoms with Crippen LogP contribution in [0.2, 0.25) is 0 Å². The maximum absolute atomic E-state index is 13.0. The number of alkyl halides is 3. The number of hydrogen-bond acceptors (Lipinski definition) is 3. The number of nitrogens with two attached hydrogens (primary N) is 1. The molecule has 4 N–H and O–H groups in total. The van der Waals surface area contributed by atoms with E-state index in [2.05, 4.69) is 5.32 Å². The Kier molecular flexibility index (Phi) is 6.45. The maximum atomic E-state index is 13.0. The quantitative estimate of drug-likeness (QED) is 0.674. The Morgan fingerprint density at radius 3 is 2.25 bits per heavy atom. The number of rotatable bonds is 7. The molecule has 0 saturated carbocycles. The zero-order chi connectivity index (χ0) is 20.9. The van der Waals surface area contributed by atoms with Crippen LogP contribution in [0.15, 0.2) is 54.6 Å². The first kappa shape index (κ1) is 21.4. The monoisotopic (exact) mass is 394 g/mol. The van der Waals surface area contributed by atoms with Crippen LogP contribution in [-0.2, 0) is 27.7 Å². The summed E-state index contributed by atoms with van der Waals surface area (Å²) in [5.41, 5.74) is 3.27. The summed E-state index contributed by atoms with van der Waals surface area (Å²) >= 11 is 0. The standard InChI is InChI=1S/C20H21F3N2O3/c1-19(18(24)28,14-8-5-9-15(11-14)20(21,22)23)25-17(27)12-16(26)10-13-6-3-2-4-7-13/h2-9,11,16,26H,10,12H2,1H3,(H2,24,28)(H,25,27)/t16-,19+/m1/s1. The van der Waals surface area contributed by atoms with Gasteiger partial charge < -0.3 is 16.2 Å². The lowest BCUT2D eigenvalue weighted by molar-refractivity contribution is -0.138. The minimum atomic E-state index is -4.61. The maximum Gasteiger partial charge on any atom is 0.416 e. The van der Waals surface area contributed by atoms with Crippen molar-refractivity contribution in [2.45, 2.75) is 37.6 Å². The number of halogens is 3. The number of aliphatic hydroxyl groups excluding tert-OH is 1. The lowest BCUT2D eigenvalue weighted by atomic mass is 9.89. The van der Waals surface area contributed by atoms with Crippen molar-refractivity contribution < 1.29 is 27.9 Å². The minimum Gasteiger partial charge on any atom is -0.392 e. The summed E-state index contributed by atoms with van der Waals surface area (Å²) in [4.78, 5) is 24.3. The van der Waals surface area contributed by atoms with Crippen LogP contribution in [0.25, 0.3) is 0 Å². The van der Waals surface area contributed by atoms with E-state index < -0.39 is 35.2 Å². The Balaban J connectivity index is 2.15. The van der Waals surface area contributed by atoms with E-state index in [0.717, 1.165) is 23.8 Å². The summed E-state index contributed by atoms with van der Waals surface area (Å²) in [6.45, 7) is 1.23. The summed E-state index contributed by atoms with van der Waals surface area (Å²) in [5.74, 6) is -1.72. The van der Waals surface area contributed by atoms with Crippen LogP contribution < -0.4 is 11.1 Å². The molecule has 5 nitrogen and oxygen atoms in total. The van der Waals surface area contributed by atoms with Crippen molar-refractivity contribution in [1.29, 1.82) is 0 Å². The van der Waals surface area contributed by atoms with Crippen molar-refractivity contribution in [3.8, 4) is 0 Å². The van der Waals surface area contributed by atoms with Gasteiger partial charge in [0.05, 0.1) is 18.1 Å². The van der Waals surface area contributed by atoms with Gasteiger partial charge in [-0.25, -0.2) is 0 Å². The molecule has 0 unspecified atom stereocenters. The molecule has 2 atom stereocenters. The van der Waals surface area contributed by atoms with E-state index in [1.54, 1.807) is 24.3 Å². The van der Waals surface area contributed by atoms with Crippen molar-refractivity contribution in [1.82, 2.24) is 5.32 Å². The molecule has 0 spiro atoms. The predicted molar refractivity (Wildman–Crippen MR) is 96.9 cm³/mol. The lowest BCUT2D eigenvalue weighted by Gasteiger charge is -2.29. The third-order valence-corrected chi connectivity index (χ3v) is 4.38. The molecule has 28 heavy (non-hydrogen) atoms. The van der Waals surface area contributed by atoms with Gasteiger partial charge >= 0.3 is 6.18 Å². The number of aliphatic hydroxyl groups is 1. The zero-order valence-electron chi connectivity index (χ0n) is 15.2. The zero-order valence-corrected chi connectivity index (χ0v) is 15.2. The molecule has 0 aliphatic rings. The van der Waals surface area contributed by atoms with Gasteiger partial charge in [-0.2, -0.15) is 13.2 Å². The van der Waals surface area contributed by atoms with Gasteiger partial charge in [0.15, 0.2) is 0 Å². The van der Waals surface area contributed by atoms with E-state index in [4.69, 9.17) is 5.73 Å². The first-order chi connectivity index (χ1) is 13.0. The molecule has 0 aromatic heterocycles. The van der Waals surface area contributed by atoms with Crippen LogP contribution in [0.1, 0.15) is 30.0 Å². The summed E-state index contributed by atoms with van der Waals surface area (Å²) in [5, 5.41) is 12.5. The summed E-state index contributed by atoms with van der Waals surface area (Å²) in [6, 6.07) is 13.0. The largest absolute Gasteiger partial charge is 0.416 e. The fraction of sp³-hybridized carbons (Fsp3) is 0.300. The molecular weight excluding hydrogens is 373 g/mol. The number of benzene rings is 2. The van der Waals surface area contributed by atoms with Gasteiger partial charge in [0.1, 0.15) is 5.54 Å². The second-order valence-electron chi connectivity index (χ2n) is 6.66. The van der Waals surface area contributed by atoms with Gasteiger partial charge in [0, 0.05) is 0 Å². The Bertz CT molecular complexity index is 840. The molecule has 2 rings (SSSR count). The van der Waals surface area contributed by atoms with Crippen LogP contribution in [0, 0.1) is 0 Å². The van der Waals surface area contributed by atoms with Crippen molar-refractivity contribution >= 4 is 11.8 Å². The molecule has 0 aliphatic heterocycles. The molecule has 0 saturated heterocycles. The molecule has 0 radical (unpaired) electrons. The fourth-order valence-corrected chi connectivity index (χ4v) is 2.78. The molecule has 0 heterocycles. The number of carbonyl (C=O) groups is 2. The van der Waals surface area contributed by atoms with E-state index in [0.29, 0.717) is 0 Å². The van der Waals surface area contributed by atoms with Crippen molar-refractivity contribution in [2.75, 3.05) is 0 Å². The highest BCUT2D eigenvalue weighted by Crippen LogP contribution is 2.32. The van der Waals surface area contributed by atoms with Crippen LogP contribution in [0.5, 0.6) is 0 Å². The molecule has 8 heteroatoms. The van der Waals surface area contributed by atoms with E-state index in [1.807, 2.05) is 6.07 Å². The van der Waals surface area contributed by atoms with Crippen LogP contribution in [0.4, 0.5) is 13.2 Å². The molecule has 2 aromatic carbocycles. The van der Waals surface area contributed by atoms with E-state index in [-0.39, 0.29) is 18.4 Å². The molecule has 2 aromatic rings. The van der Waals surface area contributed by atoms with E-state index >= 15 is 0 Å². The first-order valence-corrected chi connectivity index (χ1v) is 8.53. The van der Waals surface area contributed by atoms with Gasteiger partial charge in [-0.3, -0.25) is 9.59 Å². The SMILES string of the molecule is C[C@@](NC(=O)C[C@H](O)Cc1ccccc1)(C(N)=O)c1cccc(C(F)(F)F)c1. The topological polar surface area (TPSA) is 92.4 Å². The second kappa shape index (κ2) is 8.43. The molecule has 0 fully saturated rings. The molecule has 150 valence electrons. The summed E-state index contributed by atoms with van der Waals surface area (Å²) in [6.07, 6.45) is -5.76. The smallest absolute Gasteiger partial charge is 0.392 e. The highest BCUT2D eigenvalue weighted by molar-refractivity contribution is 5.91. The molecule has 2 amide bonds. The normalized spacial score (nSPS) is 14.8. The van der Waals surface area contributed by atoms with Crippen molar-refractivity contribution in [3.05, 3.63) is 71.3 Å². The highest BCUT2D eigenvalue weighted by atomic mass is 19.4. The Labute approximate surface area is 160 Å².